The molecule has 0 aliphatic heterocycles. The van der Waals surface area contributed by atoms with Gasteiger partial charge in [-0.15, -0.1) is 10.2 Å². The van der Waals surface area contributed by atoms with Gasteiger partial charge in [0, 0.05) is 23.4 Å². The Balaban J connectivity index is 1.39. The van der Waals surface area contributed by atoms with E-state index in [2.05, 4.69) is 31.9 Å². The highest BCUT2D eigenvalue weighted by Gasteiger charge is 2.16. The van der Waals surface area contributed by atoms with Crippen LogP contribution in [0.2, 0.25) is 0 Å². The Bertz CT molecular complexity index is 1320. The second kappa shape index (κ2) is 9.20. The van der Waals surface area contributed by atoms with E-state index >= 15 is 0 Å². The molecule has 0 radical (unpaired) electrons. The maximum absolute atomic E-state index is 13.5. The average Bonchev–Trinajstić information content (AvgIpc) is 3.46. The third kappa shape index (κ3) is 4.48. The van der Waals surface area contributed by atoms with Crippen molar-refractivity contribution in [1.29, 1.82) is 0 Å². The summed E-state index contributed by atoms with van der Waals surface area (Å²) < 4.78 is 21.1. The van der Waals surface area contributed by atoms with Crippen LogP contribution in [-0.2, 0) is 12.2 Å². The second-order valence-corrected chi connectivity index (χ2v) is 8.12. The molecule has 7 heteroatoms. The van der Waals surface area contributed by atoms with Crippen LogP contribution in [0.25, 0.3) is 17.1 Å². The van der Waals surface area contributed by atoms with Gasteiger partial charge in [0.25, 0.3) is 0 Å². The van der Waals surface area contributed by atoms with Gasteiger partial charge >= 0.3 is 0 Å². The van der Waals surface area contributed by atoms with E-state index < -0.39 is 0 Å². The summed E-state index contributed by atoms with van der Waals surface area (Å²) in [4.78, 5) is 4.50. The molecule has 158 valence electrons. The van der Waals surface area contributed by atoms with Crippen LogP contribution in [0.5, 0.6) is 0 Å². The highest BCUT2D eigenvalue weighted by atomic mass is 32.2. The second-order valence-electron chi connectivity index (χ2n) is 7.18. The summed E-state index contributed by atoms with van der Waals surface area (Å²) in [6.45, 7) is 0. The fraction of sp³-hybridized carbons (Fsp3) is 0.0800. The molecule has 32 heavy (non-hydrogen) atoms. The molecule has 5 nitrogen and oxygen atoms in total. The number of para-hydroxylation sites is 1. The van der Waals surface area contributed by atoms with Gasteiger partial charge in [-0.05, 0) is 35.9 Å². The van der Waals surface area contributed by atoms with E-state index in [1.54, 1.807) is 18.4 Å². The fourth-order valence-corrected chi connectivity index (χ4v) is 4.24. The molecule has 0 aliphatic rings. The maximum Gasteiger partial charge on any atom is 0.226 e. The van der Waals surface area contributed by atoms with E-state index in [1.165, 1.54) is 29.5 Å². The van der Waals surface area contributed by atoms with Gasteiger partial charge in [0.15, 0.2) is 5.16 Å². The van der Waals surface area contributed by atoms with Crippen LogP contribution in [0.4, 0.5) is 4.39 Å². The van der Waals surface area contributed by atoms with Gasteiger partial charge < -0.3 is 4.42 Å². The summed E-state index contributed by atoms with van der Waals surface area (Å²) in [5.41, 5.74) is 3.54. The molecule has 0 aliphatic carbocycles. The number of benzene rings is 3. The molecule has 0 fully saturated rings. The van der Waals surface area contributed by atoms with E-state index in [0.29, 0.717) is 23.6 Å². The van der Waals surface area contributed by atoms with Gasteiger partial charge in [-0.1, -0.05) is 66.4 Å². The zero-order chi connectivity index (χ0) is 21.8. The molecule has 0 saturated heterocycles. The number of rotatable bonds is 7. The van der Waals surface area contributed by atoms with E-state index in [1.807, 2.05) is 48.5 Å². The summed E-state index contributed by atoms with van der Waals surface area (Å²) >= 11 is 1.53. The lowest BCUT2D eigenvalue weighted by Crippen LogP contribution is -2.03. The van der Waals surface area contributed by atoms with Crippen LogP contribution >= 0.6 is 11.8 Å². The summed E-state index contributed by atoms with van der Waals surface area (Å²) in [6, 6.07) is 26.5. The minimum atomic E-state index is -0.321. The number of hydrogen-bond donors (Lipinski definition) is 0. The zero-order valence-electron chi connectivity index (χ0n) is 17.1. The molecule has 0 saturated carbocycles. The molecule has 0 atom stereocenters. The number of aromatic nitrogens is 4. The van der Waals surface area contributed by atoms with Crippen molar-refractivity contribution < 1.29 is 8.81 Å². The molecule has 0 amide bonds. The first-order chi connectivity index (χ1) is 15.8. The number of hydrogen-bond acceptors (Lipinski definition) is 5. The van der Waals surface area contributed by atoms with Crippen LogP contribution in [0, 0.1) is 5.82 Å². The van der Waals surface area contributed by atoms with Crippen LogP contribution in [-0.4, -0.2) is 19.7 Å². The monoisotopic (exact) mass is 442 g/mol. The lowest BCUT2D eigenvalue weighted by molar-refractivity contribution is 0.571. The van der Waals surface area contributed by atoms with E-state index in [0.717, 1.165) is 22.4 Å². The first kappa shape index (κ1) is 20.2. The fourth-order valence-electron chi connectivity index (χ4n) is 3.39. The van der Waals surface area contributed by atoms with Crippen LogP contribution in [0.3, 0.4) is 0 Å². The standard InChI is InChI=1S/C25H19FN4OS/c26-20-11-7-10-19(15-20)24-27-21(16-31-24)17-32-25-29-28-23(14-18-8-3-1-4-9-18)30(25)22-12-5-2-6-13-22/h1-13,15-16H,14,17H2. The lowest BCUT2D eigenvalue weighted by atomic mass is 10.1. The molecule has 2 heterocycles. The Morgan fingerprint density at radius 2 is 1.66 bits per heavy atom. The average molecular weight is 443 g/mol. The topological polar surface area (TPSA) is 56.7 Å². The summed E-state index contributed by atoms with van der Waals surface area (Å²) in [7, 11) is 0. The highest BCUT2D eigenvalue weighted by molar-refractivity contribution is 7.98. The van der Waals surface area contributed by atoms with Crippen molar-refractivity contribution >= 4 is 11.8 Å². The van der Waals surface area contributed by atoms with Gasteiger partial charge in [0.1, 0.15) is 17.9 Å². The predicted octanol–water partition coefficient (Wildman–Crippen LogP) is 5.94. The van der Waals surface area contributed by atoms with Crippen molar-refractivity contribution in [1.82, 2.24) is 19.7 Å². The maximum atomic E-state index is 13.5. The van der Waals surface area contributed by atoms with Crippen molar-refractivity contribution in [3.8, 4) is 17.1 Å². The molecule has 5 aromatic rings. The van der Waals surface area contributed by atoms with E-state index in [4.69, 9.17) is 4.42 Å². The van der Waals surface area contributed by atoms with E-state index in [9.17, 15) is 4.39 Å². The Labute approximate surface area is 189 Å². The Morgan fingerprint density at radius 1 is 0.875 bits per heavy atom. The van der Waals surface area contributed by atoms with Crippen molar-refractivity contribution in [3.63, 3.8) is 0 Å². The Hall–Kier alpha value is -3.71. The van der Waals surface area contributed by atoms with Crippen LogP contribution in [0.15, 0.2) is 101 Å². The Morgan fingerprint density at radius 3 is 2.44 bits per heavy atom. The highest BCUT2D eigenvalue weighted by Crippen LogP contribution is 2.27. The van der Waals surface area contributed by atoms with Crippen molar-refractivity contribution in [2.24, 2.45) is 0 Å². The van der Waals surface area contributed by atoms with Crippen molar-refractivity contribution in [2.45, 2.75) is 17.3 Å². The largest absolute Gasteiger partial charge is 0.444 e. The van der Waals surface area contributed by atoms with E-state index in [-0.39, 0.29) is 5.82 Å². The first-order valence-corrected chi connectivity index (χ1v) is 11.1. The molecule has 0 unspecified atom stereocenters. The molecule has 5 rings (SSSR count). The van der Waals surface area contributed by atoms with Gasteiger partial charge in [-0.3, -0.25) is 4.57 Å². The lowest BCUT2D eigenvalue weighted by Gasteiger charge is -2.10. The van der Waals surface area contributed by atoms with Gasteiger partial charge in [-0.2, -0.15) is 0 Å². The van der Waals surface area contributed by atoms with Gasteiger partial charge in [-0.25, -0.2) is 9.37 Å². The zero-order valence-corrected chi connectivity index (χ0v) is 17.9. The van der Waals surface area contributed by atoms with Gasteiger partial charge in [0.05, 0.1) is 5.69 Å². The SMILES string of the molecule is Fc1cccc(-c2nc(CSc3nnc(Cc4ccccc4)n3-c3ccccc3)co2)c1. The summed E-state index contributed by atoms with van der Waals surface area (Å²) in [5.74, 6) is 1.49. The number of halogens is 1. The molecule has 0 N–H and O–H groups in total. The minimum absolute atomic E-state index is 0.321. The van der Waals surface area contributed by atoms with Crippen LogP contribution in [0.1, 0.15) is 17.1 Å². The van der Waals surface area contributed by atoms with Crippen molar-refractivity contribution in [2.75, 3.05) is 0 Å². The third-order valence-electron chi connectivity index (χ3n) is 4.89. The minimum Gasteiger partial charge on any atom is -0.444 e. The molecule has 3 aromatic carbocycles. The number of oxazole rings is 1. The third-order valence-corrected chi connectivity index (χ3v) is 5.85. The Kier molecular flexibility index (Phi) is 5.81. The summed E-state index contributed by atoms with van der Waals surface area (Å²) in [6.07, 6.45) is 2.28. The molecule has 2 aromatic heterocycles. The van der Waals surface area contributed by atoms with Crippen molar-refractivity contribution in [3.05, 3.63) is 114 Å². The van der Waals surface area contributed by atoms with Gasteiger partial charge in [0.2, 0.25) is 5.89 Å². The number of nitrogens with zero attached hydrogens (tertiary/aromatic N) is 4. The predicted molar refractivity (Wildman–Crippen MR) is 122 cm³/mol. The van der Waals surface area contributed by atoms with Crippen LogP contribution < -0.4 is 0 Å². The first-order valence-electron chi connectivity index (χ1n) is 10.1. The molecular formula is C25H19FN4OS. The molecular weight excluding hydrogens is 423 g/mol. The number of thioether (sulfide) groups is 1. The molecule has 0 spiro atoms. The molecule has 0 bridgehead atoms. The normalized spacial score (nSPS) is 11.0. The quantitative estimate of drug-likeness (QED) is 0.292. The smallest absolute Gasteiger partial charge is 0.226 e. The summed E-state index contributed by atoms with van der Waals surface area (Å²) in [5, 5.41) is 9.69.